The second-order valence-electron chi connectivity index (χ2n) is 3.90. The molecule has 2 aromatic rings. The van der Waals surface area contributed by atoms with Gasteiger partial charge in [0, 0.05) is 26.0 Å². The highest BCUT2D eigenvalue weighted by Crippen LogP contribution is 2.05. The van der Waals surface area contributed by atoms with E-state index in [-0.39, 0.29) is 5.91 Å². The van der Waals surface area contributed by atoms with Crippen molar-refractivity contribution in [2.24, 2.45) is 14.1 Å². The van der Waals surface area contributed by atoms with Gasteiger partial charge in [-0.05, 0) is 13.0 Å². The van der Waals surface area contributed by atoms with E-state index in [1.54, 1.807) is 21.8 Å². The molecule has 0 radical (unpaired) electrons. The first-order valence-corrected chi connectivity index (χ1v) is 5.33. The molecule has 0 aromatic carbocycles. The lowest BCUT2D eigenvalue weighted by atomic mass is 10.2. The van der Waals surface area contributed by atoms with Gasteiger partial charge in [0.1, 0.15) is 0 Å². The Kier molecular flexibility index (Phi) is 2.95. The van der Waals surface area contributed by atoms with Crippen molar-refractivity contribution < 1.29 is 4.79 Å². The Balaban J connectivity index is 2.03. The fourth-order valence-corrected chi connectivity index (χ4v) is 1.56. The molecule has 6 nitrogen and oxygen atoms in total. The second kappa shape index (κ2) is 4.40. The van der Waals surface area contributed by atoms with Crippen molar-refractivity contribution in [3.8, 4) is 0 Å². The summed E-state index contributed by atoms with van der Waals surface area (Å²) in [5, 5.41) is 10.9. The molecule has 0 atom stereocenters. The second-order valence-corrected chi connectivity index (χ2v) is 3.90. The Morgan fingerprint density at radius 2 is 2.12 bits per heavy atom. The zero-order valence-electron chi connectivity index (χ0n) is 10.1. The van der Waals surface area contributed by atoms with E-state index in [4.69, 9.17) is 0 Å². The van der Waals surface area contributed by atoms with Crippen LogP contribution >= 0.6 is 0 Å². The van der Waals surface area contributed by atoms with Crippen molar-refractivity contribution in [1.82, 2.24) is 24.9 Å². The number of rotatable bonds is 3. The fraction of sp³-hybridized carbons (Fsp3) is 0.364. The number of carbonyl (C=O) groups is 1. The Labute approximate surface area is 99.2 Å². The number of aryl methyl sites for hydroxylation is 2. The highest BCUT2D eigenvalue weighted by Gasteiger charge is 2.12. The van der Waals surface area contributed by atoms with E-state index in [1.165, 1.54) is 0 Å². The van der Waals surface area contributed by atoms with Crippen LogP contribution in [0.5, 0.6) is 0 Å². The lowest BCUT2D eigenvalue weighted by Crippen LogP contribution is -2.24. The van der Waals surface area contributed by atoms with Gasteiger partial charge < -0.3 is 5.32 Å². The largest absolute Gasteiger partial charge is 0.346 e. The van der Waals surface area contributed by atoms with Crippen LogP contribution in [0.25, 0.3) is 0 Å². The molecule has 6 heteroatoms. The quantitative estimate of drug-likeness (QED) is 0.834. The van der Waals surface area contributed by atoms with Crippen LogP contribution in [0.4, 0.5) is 0 Å². The van der Waals surface area contributed by atoms with Crippen LogP contribution in [0, 0.1) is 6.92 Å². The topological polar surface area (TPSA) is 64.7 Å². The highest BCUT2D eigenvalue weighted by molar-refractivity contribution is 5.94. The summed E-state index contributed by atoms with van der Waals surface area (Å²) in [5.41, 5.74) is 2.42. The average Bonchev–Trinajstić information content (AvgIpc) is 2.84. The summed E-state index contributed by atoms with van der Waals surface area (Å²) in [6, 6.07) is 1.87. The molecule has 0 aliphatic rings. The molecule has 1 amide bonds. The standard InChI is InChI=1S/C11H15N5O/c1-8-10(7-14-15(8)2)11(17)12-6-9-4-5-13-16(9)3/h4-5,7H,6H2,1-3H3,(H,12,17). The van der Waals surface area contributed by atoms with Gasteiger partial charge in [-0.15, -0.1) is 0 Å². The summed E-state index contributed by atoms with van der Waals surface area (Å²) in [7, 11) is 3.66. The summed E-state index contributed by atoms with van der Waals surface area (Å²) < 4.78 is 3.41. The van der Waals surface area contributed by atoms with Crippen LogP contribution in [0.15, 0.2) is 18.5 Å². The Morgan fingerprint density at radius 3 is 2.65 bits per heavy atom. The summed E-state index contributed by atoms with van der Waals surface area (Å²) in [6.07, 6.45) is 3.28. The minimum Gasteiger partial charge on any atom is -0.346 e. The molecule has 2 aromatic heterocycles. The van der Waals surface area contributed by atoms with Gasteiger partial charge in [0.05, 0.1) is 24.0 Å². The molecule has 0 aliphatic heterocycles. The molecule has 2 heterocycles. The number of hydrogen-bond donors (Lipinski definition) is 1. The average molecular weight is 233 g/mol. The minimum absolute atomic E-state index is 0.114. The van der Waals surface area contributed by atoms with Gasteiger partial charge in [0.15, 0.2) is 0 Å². The van der Waals surface area contributed by atoms with Crippen molar-refractivity contribution in [2.75, 3.05) is 0 Å². The van der Waals surface area contributed by atoms with Gasteiger partial charge >= 0.3 is 0 Å². The van der Waals surface area contributed by atoms with Gasteiger partial charge in [0.25, 0.3) is 5.91 Å². The van der Waals surface area contributed by atoms with Crippen LogP contribution in [-0.2, 0) is 20.6 Å². The summed E-state index contributed by atoms with van der Waals surface area (Å²) >= 11 is 0. The van der Waals surface area contributed by atoms with E-state index in [9.17, 15) is 4.79 Å². The van der Waals surface area contributed by atoms with Crippen LogP contribution in [-0.4, -0.2) is 25.5 Å². The van der Waals surface area contributed by atoms with E-state index in [2.05, 4.69) is 15.5 Å². The van der Waals surface area contributed by atoms with Crippen molar-refractivity contribution >= 4 is 5.91 Å². The molecule has 0 unspecified atom stereocenters. The summed E-state index contributed by atoms with van der Waals surface area (Å²) in [5.74, 6) is -0.114. The molecule has 2 rings (SSSR count). The third-order valence-corrected chi connectivity index (χ3v) is 2.83. The molecule has 0 saturated carbocycles. The van der Waals surface area contributed by atoms with Gasteiger partial charge in [-0.2, -0.15) is 10.2 Å². The van der Waals surface area contributed by atoms with Gasteiger partial charge in [-0.25, -0.2) is 0 Å². The van der Waals surface area contributed by atoms with E-state index in [0.29, 0.717) is 12.1 Å². The molecular weight excluding hydrogens is 218 g/mol. The van der Waals surface area contributed by atoms with Gasteiger partial charge in [-0.1, -0.05) is 0 Å². The molecule has 1 N–H and O–H groups in total. The van der Waals surface area contributed by atoms with Gasteiger partial charge in [0.2, 0.25) is 0 Å². The van der Waals surface area contributed by atoms with E-state index in [0.717, 1.165) is 11.4 Å². The lowest BCUT2D eigenvalue weighted by molar-refractivity contribution is 0.0949. The predicted octanol–water partition coefficient (Wildman–Crippen LogP) is 0.392. The first kappa shape index (κ1) is 11.4. The maximum Gasteiger partial charge on any atom is 0.255 e. The molecule has 0 saturated heterocycles. The molecule has 0 fully saturated rings. The SMILES string of the molecule is Cc1c(C(=O)NCc2ccnn2C)cnn1C. The zero-order valence-corrected chi connectivity index (χ0v) is 10.1. The first-order chi connectivity index (χ1) is 8.09. The molecule has 0 aliphatic carbocycles. The lowest BCUT2D eigenvalue weighted by Gasteiger charge is -2.05. The van der Waals surface area contributed by atoms with Crippen molar-refractivity contribution in [2.45, 2.75) is 13.5 Å². The number of carbonyl (C=O) groups excluding carboxylic acids is 1. The molecular formula is C11H15N5O. The maximum atomic E-state index is 11.9. The highest BCUT2D eigenvalue weighted by atomic mass is 16.1. The van der Waals surface area contributed by atoms with E-state index < -0.39 is 0 Å². The normalized spacial score (nSPS) is 10.5. The maximum absolute atomic E-state index is 11.9. The minimum atomic E-state index is -0.114. The van der Waals surface area contributed by atoms with Crippen molar-refractivity contribution in [3.63, 3.8) is 0 Å². The fourth-order valence-electron chi connectivity index (χ4n) is 1.56. The Morgan fingerprint density at radius 1 is 1.35 bits per heavy atom. The van der Waals surface area contributed by atoms with E-state index >= 15 is 0 Å². The van der Waals surface area contributed by atoms with Crippen LogP contribution in [0.2, 0.25) is 0 Å². The van der Waals surface area contributed by atoms with Crippen LogP contribution in [0.1, 0.15) is 21.7 Å². The number of hydrogen-bond acceptors (Lipinski definition) is 3. The zero-order chi connectivity index (χ0) is 12.4. The summed E-state index contributed by atoms with van der Waals surface area (Å²) in [6.45, 7) is 2.33. The number of amides is 1. The van der Waals surface area contributed by atoms with E-state index in [1.807, 2.05) is 27.1 Å². The van der Waals surface area contributed by atoms with Crippen LogP contribution < -0.4 is 5.32 Å². The smallest absolute Gasteiger partial charge is 0.255 e. The first-order valence-electron chi connectivity index (χ1n) is 5.33. The van der Waals surface area contributed by atoms with Gasteiger partial charge in [-0.3, -0.25) is 14.2 Å². The molecule has 90 valence electrons. The molecule has 17 heavy (non-hydrogen) atoms. The summed E-state index contributed by atoms with van der Waals surface area (Å²) in [4.78, 5) is 11.9. The molecule has 0 bridgehead atoms. The number of nitrogens with one attached hydrogen (secondary N) is 1. The third-order valence-electron chi connectivity index (χ3n) is 2.83. The number of nitrogens with zero attached hydrogens (tertiary/aromatic N) is 4. The Bertz CT molecular complexity index is 540. The monoisotopic (exact) mass is 233 g/mol. The number of aromatic nitrogens is 4. The predicted molar refractivity (Wildman–Crippen MR) is 62.3 cm³/mol. The van der Waals surface area contributed by atoms with Crippen molar-refractivity contribution in [3.05, 3.63) is 35.4 Å². The molecule has 0 spiro atoms. The van der Waals surface area contributed by atoms with Crippen LogP contribution in [0.3, 0.4) is 0 Å². The Hall–Kier alpha value is -2.11. The van der Waals surface area contributed by atoms with Crippen molar-refractivity contribution in [1.29, 1.82) is 0 Å². The third kappa shape index (κ3) is 2.20.